The molecule has 0 aromatic heterocycles. The molecule has 2 aliphatic rings. The van der Waals surface area contributed by atoms with E-state index in [1.54, 1.807) is 0 Å². The van der Waals surface area contributed by atoms with Gasteiger partial charge in [0.2, 0.25) is 0 Å². The molecule has 2 heterocycles. The molecular formula is C9H14N2O. The van der Waals surface area contributed by atoms with Crippen molar-refractivity contribution in [2.75, 3.05) is 13.1 Å². The van der Waals surface area contributed by atoms with E-state index in [2.05, 4.69) is 11.0 Å². The molecular weight excluding hydrogens is 152 g/mol. The van der Waals surface area contributed by atoms with Gasteiger partial charge < -0.3 is 5.11 Å². The first kappa shape index (κ1) is 8.03. The van der Waals surface area contributed by atoms with Crippen molar-refractivity contribution in [1.82, 2.24) is 4.90 Å². The summed E-state index contributed by atoms with van der Waals surface area (Å²) in [6.07, 6.45) is 3.33. The third-order valence-electron chi connectivity index (χ3n) is 3.20. The summed E-state index contributed by atoms with van der Waals surface area (Å²) in [5.74, 6) is 0. The molecule has 0 aromatic carbocycles. The number of aliphatic hydroxyl groups is 1. The fraction of sp³-hybridized carbons (Fsp3) is 0.889. The molecule has 0 bridgehead atoms. The Morgan fingerprint density at radius 3 is 3.17 bits per heavy atom. The molecule has 0 aliphatic carbocycles. The molecule has 0 saturated carbocycles. The molecule has 0 aromatic rings. The summed E-state index contributed by atoms with van der Waals surface area (Å²) in [6.45, 7) is 2.08. The molecule has 2 saturated heterocycles. The average molecular weight is 166 g/mol. The van der Waals surface area contributed by atoms with Gasteiger partial charge in [0, 0.05) is 12.6 Å². The first-order valence-corrected chi connectivity index (χ1v) is 4.60. The minimum absolute atomic E-state index is 0.275. The van der Waals surface area contributed by atoms with E-state index in [1.165, 1.54) is 6.42 Å². The summed E-state index contributed by atoms with van der Waals surface area (Å²) in [7, 11) is 0. The highest BCUT2D eigenvalue weighted by atomic mass is 16.3. The van der Waals surface area contributed by atoms with Gasteiger partial charge in [0.15, 0.2) is 0 Å². The molecule has 0 radical (unpaired) electrons. The summed E-state index contributed by atoms with van der Waals surface area (Å²) >= 11 is 0. The molecule has 2 unspecified atom stereocenters. The molecule has 3 nitrogen and oxygen atoms in total. The normalized spacial score (nSPS) is 41.2. The van der Waals surface area contributed by atoms with Crippen molar-refractivity contribution in [1.29, 1.82) is 5.26 Å². The molecule has 0 spiro atoms. The predicted molar refractivity (Wildman–Crippen MR) is 44.4 cm³/mol. The van der Waals surface area contributed by atoms with Gasteiger partial charge in [0.05, 0.1) is 18.1 Å². The first-order chi connectivity index (χ1) is 5.76. The number of rotatable bonds is 1. The highest BCUT2D eigenvalue weighted by Gasteiger charge is 2.47. The van der Waals surface area contributed by atoms with Crippen LogP contribution in [-0.4, -0.2) is 34.7 Å². The topological polar surface area (TPSA) is 47.3 Å². The minimum atomic E-state index is -0.689. The maximum absolute atomic E-state index is 10.1. The summed E-state index contributed by atoms with van der Waals surface area (Å²) < 4.78 is 0. The third-order valence-corrected chi connectivity index (χ3v) is 3.20. The smallest absolute Gasteiger partial charge is 0.0943 e. The van der Waals surface area contributed by atoms with Crippen LogP contribution in [0.2, 0.25) is 0 Å². The SMILES string of the molecule is N#CCC1(O)CCN2CCCC21. The van der Waals surface area contributed by atoms with E-state index in [1.807, 2.05) is 0 Å². The third kappa shape index (κ3) is 1.03. The second-order valence-corrected chi connectivity index (χ2v) is 3.88. The summed E-state index contributed by atoms with van der Waals surface area (Å²) in [5, 5.41) is 18.7. The Balaban J connectivity index is 2.13. The van der Waals surface area contributed by atoms with Gasteiger partial charge in [-0.15, -0.1) is 0 Å². The van der Waals surface area contributed by atoms with Gasteiger partial charge in [-0.05, 0) is 25.8 Å². The maximum atomic E-state index is 10.1. The van der Waals surface area contributed by atoms with Crippen LogP contribution in [0.15, 0.2) is 0 Å². The second kappa shape index (κ2) is 2.72. The van der Waals surface area contributed by atoms with Crippen LogP contribution in [0.1, 0.15) is 25.7 Å². The van der Waals surface area contributed by atoms with Gasteiger partial charge in [0.25, 0.3) is 0 Å². The highest BCUT2D eigenvalue weighted by Crippen LogP contribution is 2.37. The Hall–Kier alpha value is -0.590. The van der Waals surface area contributed by atoms with Gasteiger partial charge >= 0.3 is 0 Å². The van der Waals surface area contributed by atoms with Gasteiger partial charge in [-0.1, -0.05) is 0 Å². The van der Waals surface area contributed by atoms with Gasteiger partial charge in [0.1, 0.15) is 0 Å². The molecule has 2 aliphatic heterocycles. The predicted octanol–water partition coefficient (Wildman–Crippen LogP) is 0.499. The Morgan fingerprint density at radius 2 is 2.42 bits per heavy atom. The maximum Gasteiger partial charge on any atom is 0.0943 e. The van der Waals surface area contributed by atoms with Crippen molar-refractivity contribution in [3.8, 4) is 6.07 Å². The Labute approximate surface area is 72.6 Å². The number of fused-ring (bicyclic) bond motifs is 1. The monoisotopic (exact) mass is 166 g/mol. The quantitative estimate of drug-likeness (QED) is 0.617. The average Bonchev–Trinajstić information content (AvgIpc) is 2.57. The molecule has 12 heavy (non-hydrogen) atoms. The van der Waals surface area contributed by atoms with Crippen molar-refractivity contribution in [3.05, 3.63) is 0 Å². The van der Waals surface area contributed by atoms with Crippen LogP contribution in [0.25, 0.3) is 0 Å². The molecule has 2 rings (SSSR count). The number of nitriles is 1. The fourth-order valence-corrected chi connectivity index (χ4v) is 2.55. The molecule has 3 heteroatoms. The van der Waals surface area contributed by atoms with Crippen molar-refractivity contribution < 1.29 is 5.11 Å². The standard InChI is InChI=1S/C9H14N2O/c10-5-3-9(12)4-7-11-6-1-2-8(9)11/h8,12H,1-4,6-7H2. The number of hydrogen-bond acceptors (Lipinski definition) is 3. The van der Waals surface area contributed by atoms with Crippen LogP contribution in [0.3, 0.4) is 0 Å². The van der Waals surface area contributed by atoms with Crippen molar-refractivity contribution in [2.24, 2.45) is 0 Å². The molecule has 66 valence electrons. The zero-order valence-electron chi connectivity index (χ0n) is 7.16. The first-order valence-electron chi connectivity index (χ1n) is 4.60. The van der Waals surface area contributed by atoms with E-state index in [0.717, 1.165) is 25.9 Å². The Kier molecular flexibility index (Phi) is 1.82. The minimum Gasteiger partial charge on any atom is -0.387 e. The van der Waals surface area contributed by atoms with Crippen LogP contribution in [0.4, 0.5) is 0 Å². The number of hydrogen-bond donors (Lipinski definition) is 1. The zero-order chi connectivity index (χ0) is 8.60. The van der Waals surface area contributed by atoms with Crippen LogP contribution in [0, 0.1) is 11.3 Å². The molecule has 2 fully saturated rings. The van der Waals surface area contributed by atoms with Crippen molar-refractivity contribution in [2.45, 2.75) is 37.3 Å². The summed E-state index contributed by atoms with van der Waals surface area (Å²) in [6, 6.07) is 2.36. The van der Waals surface area contributed by atoms with Gasteiger partial charge in [-0.25, -0.2) is 0 Å². The second-order valence-electron chi connectivity index (χ2n) is 3.88. The lowest BCUT2D eigenvalue weighted by Gasteiger charge is -2.27. The highest BCUT2D eigenvalue weighted by molar-refractivity contribution is 5.06. The van der Waals surface area contributed by atoms with E-state index >= 15 is 0 Å². The fourth-order valence-electron chi connectivity index (χ4n) is 2.55. The lowest BCUT2D eigenvalue weighted by Crippen LogP contribution is -2.40. The zero-order valence-corrected chi connectivity index (χ0v) is 7.16. The Morgan fingerprint density at radius 1 is 1.58 bits per heavy atom. The summed E-state index contributed by atoms with van der Waals surface area (Å²) in [4.78, 5) is 2.32. The van der Waals surface area contributed by atoms with Crippen LogP contribution in [-0.2, 0) is 0 Å². The Bertz CT molecular complexity index is 223. The number of nitrogens with zero attached hydrogens (tertiary/aromatic N) is 2. The lowest BCUT2D eigenvalue weighted by molar-refractivity contribution is 0.0181. The van der Waals surface area contributed by atoms with Crippen molar-refractivity contribution >= 4 is 0 Å². The van der Waals surface area contributed by atoms with Crippen LogP contribution < -0.4 is 0 Å². The van der Waals surface area contributed by atoms with Crippen LogP contribution in [0.5, 0.6) is 0 Å². The molecule has 0 amide bonds. The largest absolute Gasteiger partial charge is 0.387 e. The van der Waals surface area contributed by atoms with E-state index in [0.29, 0.717) is 6.42 Å². The van der Waals surface area contributed by atoms with E-state index in [4.69, 9.17) is 5.26 Å². The summed E-state index contributed by atoms with van der Waals surface area (Å²) in [5.41, 5.74) is -0.689. The van der Waals surface area contributed by atoms with E-state index in [-0.39, 0.29) is 6.04 Å². The molecule has 2 atom stereocenters. The van der Waals surface area contributed by atoms with Crippen LogP contribution >= 0.6 is 0 Å². The van der Waals surface area contributed by atoms with Crippen molar-refractivity contribution in [3.63, 3.8) is 0 Å². The molecule has 1 N–H and O–H groups in total. The van der Waals surface area contributed by atoms with E-state index in [9.17, 15) is 5.11 Å². The van der Waals surface area contributed by atoms with E-state index < -0.39 is 5.60 Å². The van der Waals surface area contributed by atoms with Gasteiger partial charge in [-0.2, -0.15) is 5.26 Å². The lowest BCUT2D eigenvalue weighted by atomic mass is 9.90. The van der Waals surface area contributed by atoms with Gasteiger partial charge in [-0.3, -0.25) is 4.90 Å².